The van der Waals surface area contributed by atoms with Crippen LogP contribution in [0.1, 0.15) is 12.8 Å². The fourth-order valence-corrected chi connectivity index (χ4v) is 1.93. The highest BCUT2D eigenvalue weighted by molar-refractivity contribution is 7.98. The lowest BCUT2D eigenvalue weighted by atomic mass is 10.2. The summed E-state index contributed by atoms with van der Waals surface area (Å²) in [5, 5.41) is 13.6. The van der Waals surface area contributed by atoms with Crippen LogP contribution in [0.5, 0.6) is 0 Å². The maximum atomic E-state index is 13.2. The quantitative estimate of drug-likeness (QED) is 0.463. The van der Waals surface area contributed by atoms with Crippen molar-refractivity contribution in [3.63, 3.8) is 0 Å². The van der Waals surface area contributed by atoms with Gasteiger partial charge in [-0.15, -0.1) is 0 Å². The van der Waals surface area contributed by atoms with E-state index in [-0.39, 0.29) is 5.69 Å². The predicted octanol–water partition coefficient (Wildman–Crippen LogP) is 3.29. The topological polar surface area (TPSA) is 55.2 Å². The van der Waals surface area contributed by atoms with E-state index in [2.05, 4.69) is 5.32 Å². The zero-order chi connectivity index (χ0) is 12.7. The zero-order valence-corrected chi connectivity index (χ0v) is 10.4. The van der Waals surface area contributed by atoms with E-state index in [9.17, 15) is 14.5 Å². The number of anilines is 1. The number of nitrogens with one attached hydrogen (secondary N) is 1. The molecule has 0 heterocycles. The monoisotopic (exact) mass is 258 g/mol. The van der Waals surface area contributed by atoms with Gasteiger partial charge in [-0.3, -0.25) is 10.1 Å². The molecular weight excluding hydrogens is 243 g/mol. The van der Waals surface area contributed by atoms with Gasteiger partial charge in [-0.25, -0.2) is 0 Å². The molecule has 0 aliphatic rings. The van der Waals surface area contributed by atoms with Gasteiger partial charge in [0.05, 0.1) is 4.92 Å². The molecule has 0 aromatic heterocycles. The van der Waals surface area contributed by atoms with Gasteiger partial charge >= 0.3 is 5.69 Å². The van der Waals surface area contributed by atoms with Gasteiger partial charge < -0.3 is 5.32 Å². The lowest BCUT2D eigenvalue weighted by Gasteiger charge is -2.06. The molecule has 1 aromatic carbocycles. The predicted molar refractivity (Wildman–Crippen MR) is 69.2 cm³/mol. The molecule has 0 radical (unpaired) electrons. The third-order valence-electron chi connectivity index (χ3n) is 2.26. The van der Waals surface area contributed by atoms with Crippen molar-refractivity contribution >= 4 is 23.1 Å². The Bertz CT molecular complexity index is 388. The van der Waals surface area contributed by atoms with Crippen LogP contribution < -0.4 is 5.32 Å². The Kier molecular flexibility index (Phi) is 5.76. The van der Waals surface area contributed by atoms with Crippen LogP contribution in [0.15, 0.2) is 18.2 Å². The number of hydrogen-bond acceptors (Lipinski definition) is 4. The number of nitro groups is 1. The van der Waals surface area contributed by atoms with E-state index in [0.717, 1.165) is 24.7 Å². The number of hydrogen-bond donors (Lipinski definition) is 1. The average molecular weight is 258 g/mol. The SMILES string of the molecule is CSCCCCNc1cccc(F)c1[N+](=O)[O-]. The van der Waals surface area contributed by atoms with Gasteiger partial charge in [0.1, 0.15) is 5.69 Å². The lowest BCUT2D eigenvalue weighted by Crippen LogP contribution is -2.05. The Morgan fingerprint density at radius 2 is 2.24 bits per heavy atom. The summed E-state index contributed by atoms with van der Waals surface area (Å²) in [5.41, 5.74) is -0.225. The van der Waals surface area contributed by atoms with Crippen molar-refractivity contribution in [1.82, 2.24) is 0 Å². The van der Waals surface area contributed by atoms with Crippen molar-refractivity contribution in [3.8, 4) is 0 Å². The Balaban J connectivity index is 2.58. The van der Waals surface area contributed by atoms with Gasteiger partial charge in [0.15, 0.2) is 0 Å². The highest BCUT2D eigenvalue weighted by Crippen LogP contribution is 2.27. The number of benzene rings is 1. The molecule has 1 rings (SSSR count). The van der Waals surface area contributed by atoms with Crippen LogP contribution in [0.25, 0.3) is 0 Å². The van der Waals surface area contributed by atoms with Gasteiger partial charge in [-0.1, -0.05) is 6.07 Å². The molecule has 1 aromatic rings. The van der Waals surface area contributed by atoms with E-state index in [1.807, 2.05) is 6.26 Å². The maximum absolute atomic E-state index is 13.2. The third kappa shape index (κ3) is 4.22. The second-order valence-electron chi connectivity index (χ2n) is 3.52. The summed E-state index contributed by atoms with van der Waals surface area (Å²) in [7, 11) is 0. The summed E-state index contributed by atoms with van der Waals surface area (Å²) in [5.74, 6) is 0.261. The number of halogens is 1. The molecule has 0 unspecified atom stereocenters. The summed E-state index contributed by atoms with van der Waals surface area (Å²) in [6.45, 7) is 0.616. The summed E-state index contributed by atoms with van der Waals surface area (Å²) >= 11 is 1.76. The van der Waals surface area contributed by atoms with Gasteiger partial charge in [-0.05, 0) is 37.0 Å². The third-order valence-corrected chi connectivity index (χ3v) is 2.96. The molecule has 6 heteroatoms. The van der Waals surface area contributed by atoms with Gasteiger partial charge in [-0.2, -0.15) is 16.2 Å². The zero-order valence-electron chi connectivity index (χ0n) is 9.61. The second-order valence-corrected chi connectivity index (χ2v) is 4.51. The van der Waals surface area contributed by atoms with Crippen molar-refractivity contribution in [3.05, 3.63) is 34.1 Å². The van der Waals surface area contributed by atoms with Crippen LogP contribution in [-0.2, 0) is 0 Å². The molecule has 0 saturated heterocycles. The number of rotatable bonds is 7. The van der Waals surface area contributed by atoms with Crippen LogP contribution in [-0.4, -0.2) is 23.5 Å². The van der Waals surface area contributed by atoms with E-state index in [1.165, 1.54) is 12.1 Å². The molecule has 0 bridgehead atoms. The molecule has 0 atom stereocenters. The molecule has 0 aliphatic heterocycles. The molecule has 0 fully saturated rings. The highest BCUT2D eigenvalue weighted by atomic mass is 32.2. The summed E-state index contributed by atoms with van der Waals surface area (Å²) in [6, 6.07) is 4.08. The number of para-hydroxylation sites is 1. The standard InChI is InChI=1S/C11H15FN2O2S/c1-17-8-3-2-7-13-10-6-4-5-9(12)11(10)14(15)16/h4-6,13H,2-3,7-8H2,1H3. The van der Waals surface area contributed by atoms with Crippen LogP contribution in [0.3, 0.4) is 0 Å². The van der Waals surface area contributed by atoms with Crippen molar-refractivity contribution in [2.24, 2.45) is 0 Å². The summed E-state index contributed by atoms with van der Waals surface area (Å²) < 4.78 is 13.2. The Labute approximate surface area is 104 Å². The lowest BCUT2D eigenvalue weighted by molar-refractivity contribution is -0.386. The Morgan fingerprint density at radius 3 is 2.88 bits per heavy atom. The molecule has 0 spiro atoms. The minimum atomic E-state index is -0.802. The number of nitro benzene ring substituents is 1. The van der Waals surface area contributed by atoms with E-state index in [4.69, 9.17) is 0 Å². The minimum Gasteiger partial charge on any atom is -0.379 e. The van der Waals surface area contributed by atoms with Gasteiger partial charge in [0, 0.05) is 6.54 Å². The fraction of sp³-hybridized carbons (Fsp3) is 0.455. The maximum Gasteiger partial charge on any atom is 0.327 e. The summed E-state index contributed by atoms with van der Waals surface area (Å²) in [6.07, 6.45) is 3.98. The van der Waals surface area contributed by atoms with Crippen molar-refractivity contribution in [2.75, 3.05) is 23.9 Å². The van der Waals surface area contributed by atoms with Crippen LogP contribution >= 0.6 is 11.8 Å². The molecule has 94 valence electrons. The highest BCUT2D eigenvalue weighted by Gasteiger charge is 2.18. The van der Waals surface area contributed by atoms with Crippen molar-refractivity contribution < 1.29 is 9.31 Å². The molecule has 0 saturated carbocycles. The number of nitrogens with zero attached hydrogens (tertiary/aromatic N) is 1. The number of unbranched alkanes of at least 4 members (excludes halogenated alkanes) is 1. The first-order chi connectivity index (χ1) is 8.16. The summed E-state index contributed by atoms with van der Waals surface area (Å²) in [4.78, 5) is 10.0. The number of thioether (sulfide) groups is 1. The van der Waals surface area contributed by atoms with E-state index in [1.54, 1.807) is 11.8 Å². The first kappa shape index (κ1) is 13.8. The van der Waals surface area contributed by atoms with E-state index < -0.39 is 16.4 Å². The minimum absolute atomic E-state index is 0.249. The first-order valence-electron chi connectivity index (χ1n) is 5.32. The van der Waals surface area contributed by atoms with Crippen molar-refractivity contribution in [2.45, 2.75) is 12.8 Å². The molecule has 0 amide bonds. The molecule has 1 N–H and O–H groups in total. The van der Waals surface area contributed by atoms with E-state index in [0.29, 0.717) is 6.54 Å². The largest absolute Gasteiger partial charge is 0.379 e. The smallest absolute Gasteiger partial charge is 0.327 e. The van der Waals surface area contributed by atoms with Crippen molar-refractivity contribution in [1.29, 1.82) is 0 Å². The van der Waals surface area contributed by atoms with Gasteiger partial charge in [0.2, 0.25) is 5.82 Å². The second kappa shape index (κ2) is 7.11. The Hall–Kier alpha value is -1.30. The van der Waals surface area contributed by atoms with E-state index >= 15 is 0 Å². The van der Waals surface area contributed by atoms with Crippen LogP contribution in [0.4, 0.5) is 15.8 Å². The Morgan fingerprint density at radius 1 is 1.47 bits per heavy atom. The average Bonchev–Trinajstić information content (AvgIpc) is 2.28. The molecule has 0 aliphatic carbocycles. The molecule has 17 heavy (non-hydrogen) atoms. The van der Waals surface area contributed by atoms with Crippen LogP contribution in [0.2, 0.25) is 0 Å². The van der Waals surface area contributed by atoms with Crippen LogP contribution in [0, 0.1) is 15.9 Å². The first-order valence-corrected chi connectivity index (χ1v) is 6.72. The fourth-order valence-electron chi connectivity index (χ4n) is 1.44. The van der Waals surface area contributed by atoms with Gasteiger partial charge in [0.25, 0.3) is 0 Å². The molecular formula is C11H15FN2O2S. The molecule has 4 nitrogen and oxygen atoms in total. The normalized spacial score (nSPS) is 10.2.